The monoisotopic (exact) mass is 674 g/mol. The highest BCUT2D eigenvalue weighted by Gasteiger charge is 2.25. The van der Waals surface area contributed by atoms with Crippen LogP contribution < -0.4 is 0 Å². The van der Waals surface area contributed by atoms with Gasteiger partial charge in [0.25, 0.3) is 0 Å². The van der Waals surface area contributed by atoms with Gasteiger partial charge < -0.3 is 0 Å². The first-order chi connectivity index (χ1) is 26.3. The second-order valence-electron chi connectivity index (χ2n) is 13.6. The molecule has 4 heteroatoms. The summed E-state index contributed by atoms with van der Waals surface area (Å²) >= 11 is 0. The largest absolute Gasteiger partial charge is 0.291 e. The molecular weight excluding hydrogens is 645 g/mol. The molecule has 0 unspecified atom stereocenters. The SMILES string of the molecule is c1ccc(-c2nc(-c3cccc(-c4ccc(-c5nc6cccc7c6n5-c5ccccc5-c5ccccc5-7)cc4)c3)nc3c2ccc2ccccc23)cc1. The molecule has 0 radical (unpaired) electrons. The lowest BCUT2D eigenvalue weighted by molar-refractivity contribution is 1.11. The smallest absolute Gasteiger partial charge is 0.160 e. The molecule has 1 aliphatic heterocycles. The first-order valence-electron chi connectivity index (χ1n) is 18.0. The van der Waals surface area contributed by atoms with Crippen LogP contribution in [-0.4, -0.2) is 19.5 Å². The predicted octanol–water partition coefficient (Wildman–Crippen LogP) is 12.4. The third-order valence-electron chi connectivity index (χ3n) is 10.6. The van der Waals surface area contributed by atoms with Crippen LogP contribution in [0.3, 0.4) is 0 Å². The quantitative estimate of drug-likeness (QED) is 0.175. The van der Waals surface area contributed by atoms with Crippen molar-refractivity contribution in [3.63, 3.8) is 0 Å². The average molecular weight is 675 g/mol. The van der Waals surface area contributed by atoms with Gasteiger partial charge in [0, 0.05) is 38.6 Å². The zero-order valence-electron chi connectivity index (χ0n) is 28.6. The van der Waals surface area contributed by atoms with Crippen molar-refractivity contribution in [3.8, 4) is 73.1 Å². The van der Waals surface area contributed by atoms with Crippen LogP contribution in [0.15, 0.2) is 182 Å². The Morgan fingerprint density at radius 2 is 1.04 bits per heavy atom. The molecule has 246 valence electrons. The maximum atomic E-state index is 5.25. The van der Waals surface area contributed by atoms with E-state index in [0.29, 0.717) is 5.82 Å². The van der Waals surface area contributed by atoms with Gasteiger partial charge in [-0.25, -0.2) is 15.0 Å². The molecule has 1 aliphatic rings. The van der Waals surface area contributed by atoms with Crippen molar-refractivity contribution in [1.29, 1.82) is 0 Å². The van der Waals surface area contributed by atoms with Crippen molar-refractivity contribution in [2.75, 3.05) is 0 Å². The lowest BCUT2D eigenvalue weighted by Gasteiger charge is -2.14. The summed E-state index contributed by atoms with van der Waals surface area (Å²) < 4.78 is 2.35. The fourth-order valence-electron chi connectivity index (χ4n) is 8.08. The van der Waals surface area contributed by atoms with Crippen LogP contribution in [0.4, 0.5) is 0 Å². The number of hydrogen-bond donors (Lipinski definition) is 0. The van der Waals surface area contributed by atoms with E-state index in [0.717, 1.165) is 77.7 Å². The van der Waals surface area contributed by atoms with Crippen molar-refractivity contribution >= 4 is 32.7 Å². The number of hydrogen-bond acceptors (Lipinski definition) is 3. The van der Waals surface area contributed by atoms with Gasteiger partial charge in [0.2, 0.25) is 0 Å². The van der Waals surface area contributed by atoms with E-state index in [2.05, 4.69) is 180 Å². The summed E-state index contributed by atoms with van der Waals surface area (Å²) in [5.41, 5.74) is 15.3. The van der Waals surface area contributed by atoms with Gasteiger partial charge in [-0.1, -0.05) is 158 Å². The molecule has 0 N–H and O–H groups in total. The Labute approximate surface area is 306 Å². The maximum absolute atomic E-state index is 5.25. The minimum absolute atomic E-state index is 0.709. The highest BCUT2D eigenvalue weighted by atomic mass is 15.1. The number of benzene rings is 8. The van der Waals surface area contributed by atoms with Gasteiger partial charge in [-0.05, 0) is 51.9 Å². The third kappa shape index (κ3) is 4.66. The van der Waals surface area contributed by atoms with E-state index in [1.807, 2.05) is 6.07 Å². The second-order valence-corrected chi connectivity index (χ2v) is 13.6. The molecule has 0 amide bonds. The van der Waals surface area contributed by atoms with E-state index >= 15 is 0 Å². The average Bonchev–Trinajstić information content (AvgIpc) is 3.58. The van der Waals surface area contributed by atoms with Crippen LogP contribution in [0.5, 0.6) is 0 Å². The Hall–Kier alpha value is -7.17. The molecule has 0 fully saturated rings. The summed E-state index contributed by atoms with van der Waals surface area (Å²) in [5, 5.41) is 3.33. The van der Waals surface area contributed by atoms with Crippen molar-refractivity contribution < 1.29 is 0 Å². The van der Waals surface area contributed by atoms with Crippen LogP contribution in [-0.2, 0) is 0 Å². The van der Waals surface area contributed by atoms with Crippen LogP contribution in [0, 0.1) is 0 Å². The molecule has 0 bridgehead atoms. The summed E-state index contributed by atoms with van der Waals surface area (Å²) in [6.07, 6.45) is 0. The summed E-state index contributed by atoms with van der Waals surface area (Å²) in [6.45, 7) is 0. The lowest BCUT2D eigenvalue weighted by atomic mass is 9.94. The first-order valence-corrected chi connectivity index (χ1v) is 18.0. The third-order valence-corrected chi connectivity index (χ3v) is 10.6. The summed E-state index contributed by atoms with van der Waals surface area (Å²) in [4.78, 5) is 15.7. The van der Waals surface area contributed by atoms with Crippen LogP contribution in [0.2, 0.25) is 0 Å². The molecule has 10 aromatic rings. The van der Waals surface area contributed by atoms with E-state index in [-0.39, 0.29) is 0 Å². The molecule has 4 nitrogen and oxygen atoms in total. The van der Waals surface area contributed by atoms with E-state index in [1.54, 1.807) is 0 Å². The summed E-state index contributed by atoms with van der Waals surface area (Å²) in [6, 6.07) is 64.3. The molecule has 53 heavy (non-hydrogen) atoms. The number of fused-ring (bicyclic) bond motifs is 8. The molecule has 0 atom stereocenters. The highest BCUT2D eigenvalue weighted by molar-refractivity contribution is 6.10. The lowest BCUT2D eigenvalue weighted by Crippen LogP contribution is -1.99. The Morgan fingerprint density at radius 3 is 1.91 bits per heavy atom. The topological polar surface area (TPSA) is 43.6 Å². The van der Waals surface area contributed by atoms with Gasteiger partial charge in [-0.15, -0.1) is 0 Å². The summed E-state index contributed by atoms with van der Waals surface area (Å²) in [7, 11) is 0. The number of aromatic nitrogens is 4. The normalized spacial score (nSPS) is 11.8. The first kappa shape index (κ1) is 29.5. The molecule has 11 rings (SSSR count). The summed E-state index contributed by atoms with van der Waals surface area (Å²) in [5.74, 6) is 1.64. The second kappa shape index (κ2) is 11.7. The molecule has 0 saturated carbocycles. The molecule has 0 aliphatic carbocycles. The van der Waals surface area contributed by atoms with E-state index in [9.17, 15) is 0 Å². The Kier molecular flexibility index (Phi) is 6.52. The van der Waals surface area contributed by atoms with Gasteiger partial charge in [0.05, 0.1) is 27.9 Å². The van der Waals surface area contributed by atoms with E-state index in [4.69, 9.17) is 15.0 Å². The molecule has 0 saturated heterocycles. The predicted molar refractivity (Wildman–Crippen MR) is 218 cm³/mol. The minimum Gasteiger partial charge on any atom is -0.291 e. The van der Waals surface area contributed by atoms with Gasteiger partial charge in [0.15, 0.2) is 5.82 Å². The molecule has 3 heterocycles. The van der Waals surface area contributed by atoms with Crippen LogP contribution in [0.1, 0.15) is 0 Å². The van der Waals surface area contributed by atoms with Crippen molar-refractivity contribution in [2.45, 2.75) is 0 Å². The fourth-order valence-corrected chi connectivity index (χ4v) is 8.08. The molecule has 2 aromatic heterocycles. The molecule has 0 spiro atoms. The van der Waals surface area contributed by atoms with Crippen molar-refractivity contribution in [1.82, 2.24) is 19.5 Å². The standard InChI is InChI=1S/C49H30N4/c1-2-13-33(14-3-1)45-42-29-28-32-12-4-5-17-37(32)46(42)52-48(51-45)36-16-10-15-35(30-36)31-24-26-34(27-25-31)49-50-43-22-11-21-41-39-19-7-6-18-38(39)40-20-8-9-23-44(40)53(49)47(41)43/h1-30H. The van der Waals surface area contributed by atoms with Crippen LogP contribution in [0.25, 0.3) is 106 Å². The van der Waals surface area contributed by atoms with E-state index in [1.165, 1.54) is 22.3 Å². The Morgan fingerprint density at radius 1 is 0.377 bits per heavy atom. The molecule has 8 aromatic carbocycles. The Balaban J connectivity index is 1.03. The Bertz CT molecular complexity index is 3050. The number of para-hydroxylation sites is 2. The zero-order chi connectivity index (χ0) is 34.9. The zero-order valence-corrected chi connectivity index (χ0v) is 28.6. The van der Waals surface area contributed by atoms with Gasteiger partial charge >= 0.3 is 0 Å². The van der Waals surface area contributed by atoms with Crippen molar-refractivity contribution in [3.05, 3.63) is 182 Å². The number of imidazole rings is 1. The van der Waals surface area contributed by atoms with Gasteiger partial charge in [0.1, 0.15) is 5.82 Å². The van der Waals surface area contributed by atoms with Crippen molar-refractivity contribution in [2.24, 2.45) is 0 Å². The maximum Gasteiger partial charge on any atom is 0.160 e. The number of nitrogens with zero attached hydrogens (tertiary/aromatic N) is 4. The highest BCUT2D eigenvalue weighted by Crippen LogP contribution is 2.45. The van der Waals surface area contributed by atoms with Gasteiger partial charge in [-0.2, -0.15) is 0 Å². The number of rotatable bonds is 4. The van der Waals surface area contributed by atoms with Crippen LogP contribution >= 0.6 is 0 Å². The fraction of sp³-hybridized carbons (Fsp3) is 0. The molecular formula is C49H30N4. The van der Waals surface area contributed by atoms with E-state index < -0.39 is 0 Å². The minimum atomic E-state index is 0.709. The van der Waals surface area contributed by atoms with Gasteiger partial charge in [-0.3, -0.25) is 4.57 Å².